The normalized spacial score (nSPS) is 12.2. The Hall–Kier alpha value is -5.90. The minimum atomic E-state index is 0.130. The van der Waals surface area contributed by atoms with Gasteiger partial charge in [0.1, 0.15) is 57.5 Å². The molecule has 284 valence electrons. The van der Waals surface area contributed by atoms with Crippen molar-refractivity contribution in [1.29, 1.82) is 0 Å². The molecule has 10 aliphatic carbocycles. The number of methoxy groups -OCH3 is 9. The summed E-state index contributed by atoms with van der Waals surface area (Å²) in [4.78, 5) is 0. The molecule has 5 aromatic carbocycles. The van der Waals surface area contributed by atoms with E-state index in [2.05, 4.69) is 0 Å². The topological polar surface area (TPSA) is 103 Å². The minimum Gasteiger partial charge on any atom is -0.508 e. The van der Waals surface area contributed by atoms with Crippen LogP contribution in [0.3, 0.4) is 0 Å². The van der Waals surface area contributed by atoms with Crippen LogP contribution < -0.4 is 42.6 Å². The van der Waals surface area contributed by atoms with Crippen molar-refractivity contribution < 1.29 is 47.7 Å². The first kappa shape index (κ1) is 37.8. The lowest BCUT2D eigenvalue weighted by atomic mass is 9.94. The molecule has 0 radical (unpaired) electrons. The second kappa shape index (κ2) is 16.4. The Bertz CT molecular complexity index is 2150. The van der Waals surface area contributed by atoms with Gasteiger partial charge in [0, 0.05) is 87.7 Å². The van der Waals surface area contributed by atoms with Gasteiger partial charge in [-0.15, -0.1) is 0 Å². The summed E-state index contributed by atoms with van der Waals surface area (Å²) in [6.07, 6.45) is 2.24. The number of hydrogen-bond donors (Lipinski definition) is 1. The van der Waals surface area contributed by atoms with E-state index in [0.717, 1.165) is 50.1 Å². The lowest BCUT2D eigenvalue weighted by Gasteiger charge is -2.20. The van der Waals surface area contributed by atoms with E-state index in [9.17, 15) is 5.11 Å². The fourth-order valence-electron chi connectivity index (χ4n) is 7.35. The van der Waals surface area contributed by atoms with Gasteiger partial charge >= 0.3 is 0 Å². The predicted molar refractivity (Wildman–Crippen MR) is 207 cm³/mol. The van der Waals surface area contributed by atoms with Crippen molar-refractivity contribution in [2.24, 2.45) is 0 Å². The van der Waals surface area contributed by atoms with Crippen molar-refractivity contribution in [3.63, 3.8) is 0 Å². The third-order valence-electron chi connectivity index (χ3n) is 10.1. The van der Waals surface area contributed by atoms with Crippen LogP contribution in [0, 0.1) is 0 Å². The van der Waals surface area contributed by atoms with Crippen LogP contribution >= 0.6 is 0 Å². The minimum absolute atomic E-state index is 0.130. The molecule has 10 nitrogen and oxygen atoms in total. The zero-order chi connectivity index (χ0) is 38.5. The molecule has 0 aromatic heterocycles. The molecule has 15 rings (SSSR count). The monoisotopic (exact) mass is 736 g/mol. The fraction of sp³-hybridized carbons (Fsp3) is 0.318. The Kier molecular flexibility index (Phi) is 11.5. The van der Waals surface area contributed by atoms with Gasteiger partial charge in [0.2, 0.25) is 0 Å². The van der Waals surface area contributed by atoms with E-state index in [0.29, 0.717) is 89.4 Å². The molecule has 0 amide bonds. The highest BCUT2D eigenvalue weighted by Crippen LogP contribution is 2.42. The molecule has 54 heavy (non-hydrogen) atoms. The van der Waals surface area contributed by atoms with Crippen molar-refractivity contribution >= 4 is 0 Å². The quantitative estimate of drug-likeness (QED) is 0.159. The Balaban J connectivity index is 1.59. The van der Waals surface area contributed by atoms with Crippen LogP contribution in [-0.2, 0) is 32.1 Å². The van der Waals surface area contributed by atoms with Crippen molar-refractivity contribution in [1.82, 2.24) is 0 Å². The summed E-state index contributed by atoms with van der Waals surface area (Å²) < 4.78 is 53.4. The molecule has 0 unspecified atom stereocenters. The highest BCUT2D eigenvalue weighted by atomic mass is 16.5. The summed E-state index contributed by atoms with van der Waals surface area (Å²) >= 11 is 0. The van der Waals surface area contributed by atoms with Crippen molar-refractivity contribution in [3.8, 4) is 57.5 Å². The molecule has 5 aromatic rings. The van der Waals surface area contributed by atoms with E-state index >= 15 is 0 Å². The van der Waals surface area contributed by atoms with Crippen molar-refractivity contribution in [2.75, 3.05) is 64.0 Å². The zero-order valence-corrected chi connectivity index (χ0v) is 32.4. The molecular formula is C44H48O10. The second-order valence-electron chi connectivity index (χ2n) is 13.1. The number of rotatable bonds is 9. The maximum Gasteiger partial charge on any atom is 0.122 e. The molecule has 0 saturated carbocycles. The number of aromatic hydroxyl groups is 1. The number of phenolic OH excluding ortho intramolecular Hbond substituents is 1. The standard InChI is InChI=1S/C44H48O10/c1-46-36-16-25-10-27-17-38(48-3)29(19-37(27)47-2)12-31-21-42(52-7)33(23-41(31)51-6)14-34-24-43(53-8)32(22-44(34)54-9)13-30-20-39(49-4)28(18-40(30)50-5)11-26(36)15-35(25)45/h15-24,45H,10-14H2,1-9H3. The fourth-order valence-corrected chi connectivity index (χ4v) is 7.35. The van der Waals surface area contributed by atoms with E-state index in [-0.39, 0.29) is 5.75 Å². The Morgan fingerprint density at radius 3 is 0.593 bits per heavy atom. The summed E-state index contributed by atoms with van der Waals surface area (Å²) in [6.45, 7) is 0. The number of hydrogen-bond acceptors (Lipinski definition) is 10. The first-order valence-corrected chi connectivity index (χ1v) is 17.5. The molecule has 0 saturated heterocycles. The smallest absolute Gasteiger partial charge is 0.122 e. The van der Waals surface area contributed by atoms with Crippen LogP contribution in [0.25, 0.3) is 0 Å². The summed E-state index contributed by atoms with van der Waals surface area (Å²) in [6, 6.07) is 19.5. The maximum atomic E-state index is 11.4. The highest BCUT2D eigenvalue weighted by molar-refractivity contribution is 5.59. The van der Waals surface area contributed by atoms with Crippen molar-refractivity contribution in [2.45, 2.75) is 32.1 Å². The summed E-state index contributed by atoms with van der Waals surface area (Å²) in [5.41, 5.74) is 8.61. The Labute approximate surface area is 317 Å². The third kappa shape index (κ3) is 7.46. The van der Waals surface area contributed by atoms with E-state index in [1.165, 1.54) is 0 Å². The third-order valence-corrected chi connectivity index (χ3v) is 10.1. The van der Waals surface area contributed by atoms with Gasteiger partial charge in [-0.25, -0.2) is 0 Å². The summed E-state index contributed by atoms with van der Waals surface area (Å²) in [5, 5.41) is 11.4. The van der Waals surface area contributed by atoms with Crippen LogP contribution in [0.2, 0.25) is 0 Å². The molecule has 10 aliphatic rings. The van der Waals surface area contributed by atoms with Gasteiger partial charge in [-0.2, -0.15) is 0 Å². The van der Waals surface area contributed by atoms with Crippen LogP contribution in [0.15, 0.2) is 60.7 Å². The molecule has 0 atom stereocenters. The first-order valence-electron chi connectivity index (χ1n) is 17.5. The molecule has 10 bridgehead atoms. The molecule has 0 fully saturated rings. The van der Waals surface area contributed by atoms with Crippen LogP contribution in [0.4, 0.5) is 0 Å². The van der Waals surface area contributed by atoms with Gasteiger partial charge < -0.3 is 47.7 Å². The largest absolute Gasteiger partial charge is 0.508 e. The highest BCUT2D eigenvalue weighted by Gasteiger charge is 2.22. The summed E-state index contributed by atoms with van der Waals surface area (Å²) in [5.74, 6) is 6.25. The van der Waals surface area contributed by atoms with Gasteiger partial charge in [0.15, 0.2) is 0 Å². The van der Waals surface area contributed by atoms with Crippen LogP contribution in [0.5, 0.6) is 57.5 Å². The number of benzene rings is 5. The molecule has 0 aliphatic heterocycles. The summed E-state index contributed by atoms with van der Waals surface area (Å²) in [7, 11) is 14.8. The lowest BCUT2D eigenvalue weighted by molar-refractivity contribution is 0.389. The van der Waals surface area contributed by atoms with Crippen LogP contribution in [-0.4, -0.2) is 69.1 Å². The maximum absolute atomic E-state index is 11.4. The van der Waals surface area contributed by atoms with Gasteiger partial charge in [0.05, 0.1) is 64.0 Å². The first-order chi connectivity index (χ1) is 26.2. The van der Waals surface area contributed by atoms with E-state index in [4.69, 9.17) is 42.6 Å². The average Bonchev–Trinajstić information content (AvgIpc) is 3.19. The van der Waals surface area contributed by atoms with Crippen molar-refractivity contribution in [3.05, 3.63) is 116 Å². The molecular weight excluding hydrogens is 688 g/mol. The Morgan fingerprint density at radius 1 is 0.259 bits per heavy atom. The molecule has 0 spiro atoms. The molecule has 10 heteroatoms. The molecule has 1 N–H and O–H groups in total. The molecule has 0 heterocycles. The number of ether oxygens (including phenoxy) is 9. The van der Waals surface area contributed by atoms with E-state index in [1.807, 2.05) is 54.6 Å². The number of phenols is 1. The van der Waals surface area contributed by atoms with Crippen LogP contribution in [0.1, 0.15) is 55.6 Å². The average molecular weight is 737 g/mol. The van der Waals surface area contributed by atoms with E-state index in [1.54, 1.807) is 70.1 Å². The zero-order valence-electron chi connectivity index (χ0n) is 32.4. The van der Waals surface area contributed by atoms with E-state index < -0.39 is 0 Å². The van der Waals surface area contributed by atoms with Gasteiger partial charge in [-0.1, -0.05) is 0 Å². The van der Waals surface area contributed by atoms with Gasteiger partial charge in [0.25, 0.3) is 0 Å². The van der Waals surface area contributed by atoms with Gasteiger partial charge in [-0.05, 0) is 60.7 Å². The second-order valence-corrected chi connectivity index (χ2v) is 13.1. The SMILES string of the molecule is COc1cc2c(OC)cc1Cc1cc(OC)c(cc1O)Cc1cc(OC)c(cc1OC)Cc1cc(OC)c(cc1OC)Cc1cc(OC)c(cc1OC)C2. The lowest BCUT2D eigenvalue weighted by Crippen LogP contribution is -2.04. The Morgan fingerprint density at radius 2 is 0.407 bits per heavy atom. The predicted octanol–water partition coefficient (Wildman–Crippen LogP) is 7.74. The van der Waals surface area contributed by atoms with Gasteiger partial charge in [-0.3, -0.25) is 0 Å².